The van der Waals surface area contributed by atoms with Crippen molar-refractivity contribution in [3.05, 3.63) is 23.3 Å². The third-order valence-corrected chi connectivity index (χ3v) is 11.2. The van der Waals surface area contributed by atoms with Gasteiger partial charge in [0.2, 0.25) is 23.6 Å². The first-order chi connectivity index (χ1) is 27.3. The van der Waals surface area contributed by atoms with Crippen LogP contribution in [-0.4, -0.2) is 131 Å². The molecule has 0 aromatic rings. The van der Waals surface area contributed by atoms with Crippen molar-refractivity contribution in [3.63, 3.8) is 0 Å². The minimum atomic E-state index is -1.26. The fourth-order valence-electron chi connectivity index (χ4n) is 6.77. The van der Waals surface area contributed by atoms with E-state index in [1.807, 2.05) is 33.8 Å². The first kappa shape index (κ1) is 52.7. The zero-order valence-corrected chi connectivity index (χ0v) is 38.6. The van der Waals surface area contributed by atoms with Gasteiger partial charge in [-0.1, -0.05) is 81.4 Å². The zero-order chi connectivity index (χ0) is 45.6. The SMILES string of the molecule is CC/C=C(\C)[C@H]1OC(=O)[C@H](C)N(C)C(=O)[C@H](C(C)C)NC(=O)CN(C)C(=O)[C@@H](CC(C)C)N(C)C(=O)[C@H](C(C)C)NC(=O)[C@@H]([C@@H](C)CC)OC(=O)/C(C)=C/C[C@H](O)[C@@H]1C. The second-order valence-electron chi connectivity index (χ2n) is 17.4. The minimum Gasteiger partial charge on any atom is -0.456 e. The van der Waals surface area contributed by atoms with Gasteiger partial charge in [-0.2, -0.15) is 0 Å². The van der Waals surface area contributed by atoms with Gasteiger partial charge in [0, 0.05) is 38.6 Å². The Hall–Kier alpha value is -4.27. The lowest BCUT2D eigenvalue weighted by Gasteiger charge is -2.36. The van der Waals surface area contributed by atoms with Crippen LogP contribution in [-0.2, 0) is 43.0 Å². The van der Waals surface area contributed by atoms with Crippen LogP contribution in [0, 0.1) is 29.6 Å². The van der Waals surface area contributed by atoms with E-state index >= 15 is 0 Å². The number of hydrogen-bond donors (Lipinski definition) is 3. The number of carbonyl (C=O) groups excluding carboxylic acids is 7. The summed E-state index contributed by atoms with van der Waals surface area (Å²) in [6.07, 6.45) is 1.49. The van der Waals surface area contributed by atoms with Crippen molar-refractivity contribution in [1.82, 2.24) is 25.3 Å². The third kappa shape index (κ3) is 15.1. The van der Waals surface area contributed by atoms with E-state index in [1.165, 1.54) is 55.8 Å². The summed E-state index contributed by atoms with van der Waals surface area (Å²) in [6.45, 7) is 22.4. The molecule has 1 heterocycles. The molecule has 15 heteroatoms. The molecular weight excluding hydrogens is 759 g/mol. The number of amides is 5. The lowest BCUT2D eigenvalue weighted by molar-refractivity contribution is -0.160. The normalized spacial score (nSPS) is 29.3. The molecule has 0 saturated heterocycles. The van der Waals surface area contributed by atoms with E-state index in [4.69, 9.17) is 9.47 Å². The molecule has 0 aromatic heterocycles. The molecule has 1 aliphatic rings. The highest BCUT2D eigenvalue weighted by Crippen LogP contribution is 2.25. The highest BCUT2D eigenvalue weighted by atomic mass is 16.6. The maximum absolute atomic E-state index is 14.2. The molecule has 0 unspecified atom stereocenters. The van der Waals surface area contributed by atoms with Crippen LogP contribution in [0.2, 0.25) is 0 Å². The van der Waals surface area contributed by atoms with Crippen LogP contribution in [0.4, 0.5) is 0 Å². The highest BCUT2D eigenvalue weighted by Gasteiger charge is 2.39. The number of aliphatic hydroxyl groups excluding tert-OH is 1. The van der Waals surface area contributed by atoms with E-state index in [0.29, 0.717) is 18.4 Å². The molecule has 336 valence electrons. The van der Waals surface area contributed by atoms with Gasteiger partial charge in [-0.15, -0.1) is 0 Å². The lowest BCUT2D eigenvalue weighted by Crippen LogP contribution is -2.59. The predicted octanol–water partition coefficient (Wildman–Crippen LogP) is 4.02. The summed E-state index contributed by atoms with van der Waals surface area (Å²) in [4.78, 5) is 100. The average Bonchev–Trinajstić information content (AvgIpc) is 3.17. The Labute approximate surface area is 353 Å². The van der Waals surface area contributed by atoms with Crippen LogP contribution in [0.3, 0.4) is 0 Å². The van der Waals surface area contributed by atoms with E-state index in [1.54, 1.807) is 48.5 Å². The highest BCUT2D eigenvalue weighted by molar-refractivity contribution is 5.96. The van der Waals surface area contributed by atoms with Gasteiger partial charge >= 0.3 is 11.9 Å². The van der Waals surface area contributed by atoms with Crippen molar-refractivity contribution in [1.29, 1.82) is 0 Å². The van der Waals surface area contributed by atoms with Crippen molar-refractivity contribution in [3.8, 4) is 0 Å². The van der Waals surface area contributed by atoms with Crippen LogP contribution in [0.1, 0.15) is 116 Å². The van der Waals surface area contributed by atoms with Gasteiger partial charge in [0.25, 0.3) is 5.91 Å². The third-order valence-electron chi connectivity index (χ3n) is 11.2. The van der Waals surface area contributed by atoms with Crippen molar-refractivity contribution < 1.29 is 48.1 Å². The number of nitrogens with one attached hydrogen (secondary N) is 2. The molecule has 9 atom stereocenters. The standard InChI is InChI=1S/C44H75N5O10/c1-17-19-28(10)37-30(12)33(50)21-20-29(11)43(56)59-38(27(9)18-2)39(52)46-36(26(7)8)42(55)49(16)32(22-24(3)4)40(53)47(14)23-34(51)45-35(25(5)6)41(54)48(15)31(13)44(57)58-37/h19-20,24-27,30-33,35-38,50H,17-18,21-23H2,1-16H3,(H,45,51)(H,46,52)/b28-19+,29-20+/t27-,30-,31-,32+,33-,35-,36-,37+,38+/m0/s1. The monoisotopic (exact) mass is 834 g/mol. The fraction of sp³-hybridized carbons (Fsp3) is 0.750. The molecular formula is C44H75N5O10. The van der Waals surface area contributed by atoms with E-state index in [9.17, 15) is 38.7 Å². The Morgan fingerprint density at radius 3 is 1.90 bits per heavy atom. The van der Waals surface area contributed by atoms with Crippen molar-refractivity contribution in [2.75, 3.05) is 27.7 Å². The molecule has 0 aromatic carbocycles. The van der Waals surface area contributed by atoms with Crippen LogP contribution >= 0.6 is 0 Å². The summed E-state index contributed by atoms with van der Waals surface area (Å²) in [6, 6.07) is -4.25. The number of hydrogen-bond acceptors (Lipinski definition) is 10. The van der Waals surface area contributed by atoms with Gasteiger partial charge in [0.1, 0.15) is 30.3 Å². The van der Waals surface area contributed by atoms with Crippen LogP contribution in [0.15, 0.2) is 23.3 Å². The largest absolute Gasteiger partial charge is 0.456 e. The second kappa shape index (κ2) is 24.1. The first-order valence-corrected chi connectivity index (χ1v) is 21.1. The van der Waals surface area contributed by atoms with Gasteiger partial charge < -0.3 is 39.9 Å². The Morgan fingerprint density at radius 2 is 1.39 bits per heavy atom. The molecule has 1 rings (SSSR count). The Balaban J connectivity index is 3.87. The molecule has 0 fully saturated rings. The maximum atomic E-state index is 14.2. The molecule has 15 nitrogen and oxygen atoms in total. The number of likely N-dealkylation sites (N-methyl/N-ethyl adjacent to an activating group) is 3. The average molecular weight is 834 g/mol. The molecule has 5 amide bonds. The second-order valence-corrected chi connectivity index (χ2v) is 17.4. The molecule has 0 aliphatic carbocycles. The summed E-state index contributed by atoms with van der Waals surface area (Å²) in [7, 11) is 4.36. The van der Waals surface area contributed by atoms with Crippen molar-refractivity contribution in [2.45, 2.75) is 158 Å². The summed E-state index contributed by atoms with van der Waals surface area (Å²) in [5, 5.41) is 16.9. The summed E-state index contributed by atoms with van der Waals surface area (Å²) < 4.78 is 11.8. The Bertz CT molecular complexity index is 1540. The number of rotatable bonds is 8. The maximum Gasteiger partial charge on any atom is 0.334 e. The topological polar surface area (TPSA) is 192 Å². The number of allylic oxidation sites excluding steroid dienone is 1. The minimum absolute atomic E-state index is 0.0127. The zero-order valence-electron chi connectivity index (χ0n) is 38.6. The molecule has 0 radical (unpaired) electrons. The number of cyclic esters (lactones) is 2. The smallest absolute Gasteiger partial charge is 0.334 e. The summed E-state index contributed by atoms with van der Waals surface area (Å²) >= 11 is 0. The fourth-order valence-corrected chi connectivity index (χ4v) is 6.77. The van der Waals surface area contributed by atoms with E-state index in [-0.39, 0.29) is 24.3 Å². The van der Waals surface area contributed by atoms with Gasteiger partial charge in [-0.05, 0) is 69.8 Å². The number of nitrogens with zero attached hydrogens (tertiary/aromatic N) is 3. The Morgan fingerprint density at radius 1 is 0.847 bits per heavy atom. The van der Waals surface area contributed by atoms with Gasteiger partial charge in [-0.25, -0.2) is 9.59 Å². The van der Waals surface area contributed by atoms with Gasteiger partial charge in [-0.3, -0.25) is 24.0 Å². The lowest BCUT2D eigenvalue weighted by atomic mass is 9.90. The Kier molecular flexibility index (Phi) is 21.5. The summed E-state index contributed by atoms with van der Waals surface area (Å²) in [5.74, 6) is -6.38. The number of ether oxygens (including phenoxy) is 2. The van der Waals surface area contributed by atoms with E-state index < -0.39 is 114 Å². The van der Waals surface area contributed by atoms with Crippen LogP contribution in [0.25, 0.3) is 0 Å². The molecule has 0 bridgehead atoms. The molecule has 59 heavy (non-hydrogen) atoms. The number of esters is 2. The molecule has 0 spiro atoms. The summed E-state index contributed by atoms with van der Waals surface area (Å²) in [5.41, 5.74) is 0.833. The molecule has 1 aliphatic heterocycles. The van der Waals surface area contributed by atoms with Gasteiger partial charge in [0.05, 0.1) is 12.6 Å². The van der Waals surface area contributed by atoms with Gasteiger partial charge in [0.15, 0.2) is 6.10 Å². The molecule has 3 N–H and O–H groups in total. The van der Waals surface area contributed by atoms with E-state index in [2.05, 4.69) is 10.6 Å². The van der Waals surface area contributed by atoms with Crippen LogP contribution in [0.5, 0.6) is 0 Å². The number of carbonyl (C=O) groups is 7. The first-order valence-electron chi connectivity index (χ1n) is 21.1. The predicted molar refractivity (Wildman–Crippen MR) is 226 cm³/mol. The van der Waals surface area contributed by atoms with Crippen molar-refractivity contribution in [2.24, 2.45) is 29.6 Å². The van der Waals surface area contributed by atoms with Crippen molar-refractivity contribution >= 4 is 41.5 Å². The van der Waals surface area contributed by atoms with E-state index in [0.717, 1.165) is 0 Å². The quantitative estimate of drug-likeness (QED) is 0.238. The molecule has 0 saturated carbocycles. The number of aliphatic hydroxyl groups is 1. The van der Waals surface area contributed by atoms with Crippen LogP contribution < -0.4 is 10.6 Å².